The van der Waals surface area contributed by atoms with Crippen LogP contribution in [0.15, 0.2) is 0 Å². The molecule has 1 heterocycles. The van der Waals surface area contributed by atoms with Gasteiger partial charge in [0, 0.05) is 18.5 Å². The summed E-state index contributed by atoms with van der Waals surface area (Å²) in [6, 6.07) is -0.274. The summed E-state index contributed by atoms with van der Waals surface area (Å²) in [6.07, 6.45) is -0.257. The second-order valence-electron chi connectivity index (χ2n) is 3.70. The van der Waals surface area contributed by atoms with Crippen molar-refractivity contribution in [2.24, 2.45) is 5.92 Å². The highest BCUT2D eigenvalue weighted by atomic mass is 35.5. The Kier molecular flexibility index (Phi) is 4.40. The Balaban J connectivity index is 2.80. The molecule has 0 aliphatic carbocycles. The molecular formula is C8H15ClN2O4S. The van der Waals surface area contributed by atoms with Crippen LogP contribution in [0.25, 0.3) is 0 Å². The third kappa shape index (κ3) is 2.78. The van der Waals surface area contributed by atoms with Crippen molar-refractivity contribution in [2.75, 3.05) is 19.5 Å². The molecule has 0 aromatic carbocycles. The fourth-order valence-corrected chi connectivity index (χ4v) is 3.65. The molecule has 0 saturated carbocycles. The average Bonchev–Trinajstić information content (AvgIpc) is 2.59. The van der Waals surface area contributed by atoms with Gasteiger partial charge >= 0.3 is 16.3 Å². The van der Waals surface area contributed by atoms with E-state index in [1.165, 1.54) is 4.31 Å². The van der Waals surface area contributed by atoms with E-state index < -0.39 is 16.3 Å². The number of nitrogens with one attached hydrogen (secondary N) is 1. The molecule has 8 heteroatoms. The van der Waals surface area contributed by atoms with Crippen LogP contribution in [0.5, 0.6) is 0 Å². The minimum absolute atomic E-state index is 0.187. The van der Waals surface area contributed by atoms with Crippen molar-refractivity contribution in [3.8, 4) is 0 Å². The summed E-state index contributed by atoms with van der Waals surface area (Å²) >= 11 is 5.72. The first-order chi connectivity index (χ1) is 7.42. The number of ether oxygens (including phenoxy) is 1. The SMILES string of the molecule is COC(=O)NS(=O)(=O)N1CCC(C)C1CCl. The lowest BCUT2D eigenvalue weighted by Crippen LogP contribution is -2.47. The fourth-order valence-electron chi connectivity index (χ4n) is 1.71. The first-order valence-corrected chi connectivity index (χ1v) is 6.83. The lowest BCUT2D eigenvalue weighted by Gasteiger charge is -2.23. The van der Waals surface area contributed by atoms with Crippen molar-refractivity contribution in [3.63, 3.8) is 0 Å². The molecule has 0 aromatic rings. The highest BCUT2D eigenvalue weighted by molar-refractivity contribution is 7.87. The normalized spacial score (nSPS) is 26.7. The van der Waals surface area contributed by atoms with Gasteiger partial charge in [-0.3, -0.25) is 0 Å². The predicted molar refractivity (Wildman–Crippen MR) is 59.5 cm³/mol. The van der Waals surface area contributed by atoms with Crippen LogP contribution in [0, 0.1) is 5.92 Å². The van der Waals surface area contributed by atoms with Crippen LogP contribution >= 0.6 is 11.6 Å². The van der Waals surface area contributed by atoms with Crippen molar-refractivity contribution in [1.29, 1.82) is 0 Å². The maximum Gasteiger partial charge on any atom is 0.421 e. The Hall–Kier alpha value is -0.530. The molecule has 6 nitrogen and oxygen atoms in total. The van der Waals surface area contributed by atoms with Crippen LogP contribution in [-0.2, 0) is 14.9 Å². The van der Waals surface area contributed by atoms with Crippen LogP contribution in [0.4, 0.5) is 4.79 Å². The molecule has 0 bridgehead atoms. The van der Waals surface area contributed by atoms with E-state index in [0.29, 0.717) is 6.54 Å². The van der Waals surface area contributed by atoms with Gasteiger partial charge in [-0.1, -0.05) is 6.92 Å². The van der Waals surface area contributed by atoms with Gasteiger partial charge in [0.25, 0.3) is 0 Å². The molecule has 94 valence electrons. The van der Waals surface area contributed by atoms with E-state index in [4.69, 9.17) is 11.6 Å². The number of halogens is 1. The minimum Gasteiger partial charge on any atom is -0.452 e. The smallest absolute Gasteiger partial charge is 0.421 e. The molecule has 0 aromatic heterocycles. The van der Waals surface area contributed by atoms with Crippen molar-refractivity contribution >= 4 is 27.9 Å². The largest absolute Gasteiger partial charge is 0.452 e. The summed E-state index contributed by atoms with van der Waals surface area (Å²) in [5.74, 6) is 0.398. The van der Waals surface area contributed by atoms with Gasteiger partial charge in [0.15, 0.2) is 0 Å². The van der Waals surface area contributed by atoms with E-state index in [1.807, 2.05) is 11.6 Å². The van der Waals surface area contributed by atoms with Gasteiger partial charge in [-0.25, -0.2) is 9.52 Å². The molecule has 1 amide bonds. The van der Waals surface area contributed by atoms with Gasteiger partial charge in [-0.2, -0.15) is 12.7 Å². The van der Waals surface area contributed by atoms with E-state index in [0.717, 1.165) is 13.5 Å². The van der Waals surface area contributed by atoms with E-state index in [9.17, 15) is 13.2 Å². The van der Waals surface area contributed by atoms with Crippen molar-refractivity contribution in [3.05, 3.63) is 0 Å². The average molecular weight is 271 g/mol. The third-order valence-corrected chi connectivity index (χ3v) is 4.51. The van der Waals surface area contributed by atoms with Crippen LogP contribution in [0.3, 0.4) is 0 Å². The Morgan fingerprint density at radius 3 is 2.75 bits per heavy atom. The molecule has 1 saturated heterocycles. The Morgan fingerprint density at radius 1 is 1.62 bits per heavy atom. The van der Waals surface area contributed by atoms with Crippen LogP contribution in [0.2, 0.25) is 0 Å². The van der Waals surface area contributed by atoms with E-state index in [1.54, 1.807) is 0 Å². The quantitative estimate of drug-likeness (QED) is 0.760. The number of carbonyl (C=O) groups is 1. The Morgan fingerprint density at radius 2 is 2.25 bits per heavy atom. The van der Waals surface area contributed by atoms with E-state index >= 15 is 0 Å². The lowest BCUT2D eigenvalue weighted by atomic mass is 10.1. The monoisotopic (exact) mass is 270 g/mol. The number of hydrogen-bond acceptors (Lipinski definition) is 4. The topological polar surface area (TPSA) is 75.7 Å². The molecule has 1 N–H and O–H groups in total. The summed E-state index contributed by atoms with van der Waals surface area (Å²) in [5.41, 5.74) is 0. The maximum absolute atomic E-state index is 11.8. The third-order valence-electron chi connectivity index (χ3n) is 2.70. The molecule has 0 radical (unpaired) electrons. The standard InChI is InChI=1S/C8H15ClN2O4S/c1-6-3-4-11(7(6)5-9)16(13,14)10-8(12)15-2/h6-7H,3-5H2,1-2H3,(H,10,12). The molecule has 1 aliphatic heterocycles. The van der Waals surface area contributed by atoms with E-state index in [2.05, 4.69) is 4.74 Å². The summed E-state index contributed by atoms with van der Waals surface area (Å²) in [7, 11) is -2.73. The van der Waals surface area contributed by atoms with Crippen LogP contribution in [0.1, 0.15) is 13.3 Å². The van der Waals surface area contributed by atoms with Gasteiger partial charge in [0.1, 0.15) is 0 Å². The second kappa shape index (κ2) is 5.20. The highest BCUT2D eigenvalue weighted by Gasteiger charge is 2.39. The molecule has 2 atom stereocenters. The number of hydrogen-bond donors (Lipinski definition) is 1. The van der Waals surface area contributed by atoms with Crippen molar-refractivity contribution < 1.29 is 17.9 Å². The number of carbonyl (C=O) groups excluding carboxylic acids is 1. The van der Waals surface area contributed by atoms with Crippen LogP contribution in [-0.4, -0.2) is 44.4 Å². The number of nitrogens with zero attached hydrogens (tertiary/aromatic N) is 1. The van der Waals surface area contributed by atoms with Gasteiger partial charge < -0.3 is 4.74 Å². The molecule has 1 rings (SSSR count). The zero-order valence-electron chi connectivity index (χ0n) is 9.14. The van der Waals surface area contributed by atoms with Gasteiger partial charge in [0.2, 0.25) is 0 Å². The number of alkyl halides is 1. The number of rotatable bonds is 3. The zero-order valence-corrected chi connectivity index (χ0v) is 10.7. The predicted octanol–water partition coefficient (Wildman–Crippen LogP) is 0.536. The van der Waals surface area contributed by atoms with E-state index in [-0.39, 0.29) is 17.8 Å². The maximum atomic E-state index is 11.8. The molecule has 2 unspecified atom stereocenters. The van der Waals surface area contributed by atoms with Crippen LogP contribution < -0.4 is 4.72 Å². The number of methoxy groups -OCH3 is 1. The molecular weight excluding hydrogens is 256 g/mol. The molecule has 1 aliphatic rings. The fraction of sp³-hybridized carbons (Fsp3) is 0.875. The Labute approximate surface area is 100 Å². The number of amides is 1. The first kappa shape index (κ1) is 13.5. The Bertz CT molecular complexity index is 359. The summed E-state index contributed by atoms with van der Waals surface area (Å²) in [5, 5.41) is 0. The molecule has 1 fully saturated rings. The van der Waals surface area contributed by atoms with Gasteiger partial charge in [-0.15, -0.1) is 11.6 Å². The van der Waals surface area contributed by atoms with Gasteiger partial charge in [0.05, 0.1) is 7.11 Å². The summed E-state index contributed by atoms with van der Waals surface area (Å²) in [4.78, 5) is 10.9. The minimum atomic E-state index is -3.84. The summed E-state index contributed by atoms with van der Waals surface area (Å²) in [6.45, 7) is 2.30. The van der Waals surface area contributed by atoms with Crippen molar-refractivity contribution in [1.82, 2.24) is 9.03 Å². The lowest BCUT2D eigenvalue weighted by molar-refractivity contribution is 0.176. The second-order valence-corrected chi connectivity index (χ2v) is 5.63. The molecule has 16 heavy (non-hydrogen) atoms. The van der Waals surface area contributed by atoms with Crippen molar-refractivity contribution in [2.45, 2.75) is 19.4 Å². The summed E-state index contributed by atoms with van der Waals surface area (Å²) < 4.78 is 30.8. The first-order valence-electron chi connectivity index (χ1n) is 4.86. The zero-order chi connectivity index (χ0) is 12.3. The molecule has 0 spiro atoms. The van der Waals surface area contributed by atoms with Gasteiger partial charge in [-0.05, 0) is 12.3 Å². The highest BCUT2D eigenvalue weighted by Crippen LogP contribution is 2.26.